The third-order valence-corrected chi connectivity index (χ3v) is 3.48. The number of carboxylic acids is 1. The molecule has 0 aliphatic rings. The maximum atomic E-state index is 10.7. The first kappa shape index (κ1) is 16.5. The summed E-state index contributed by atoms with van der Waals surface area (Å²) in [6, 6.07) is 9.70. The Morgan fingerprint density at radius 2 is 1.91 bits per heavy atom. The van der Waals surface area contributed by atoms with Crippen LogP contribution in [0.5, 0.6) is 5.75 Å². The average Bonchev–Trinajstić information content (AvgIpc) is 2.48. The zero-order chi connectivity index (χ0) is 16.1. The third-order valence-electron chi connectivity index (χ3n) is 2.98. The second-order valence-electron chi connectivity index (χ2n) is 4.53. The van der Waals surface area contributed by atoms with E-state index in [4.69, 9.17) is 27.9 Å². The number of carbonyl (C=O) groups is 1. The molecule has 6 heteroatoms. The molecular weight excluding hydrogens is 325 g/mol. The number of nitrogens with one attached hydrogen (secondary N) is 1. The molecule has 0 radical (unpaired) electrons. The number of hydrogen-bond donors (Lipinski definition) is 1. The van der Waals surface area contributed by atoms with Gasteiger partial charge in [-0.05, 0) is 36.8 Å². The Morgan fingerprint density at radius 1 is 1.23 bits per heavy atom. The van der Waals surface area contributed by atoms with Gasteiger partial charge in [0, 0.05) is 22.8 Å². The standard InChI is InChI=1S/C16H15Cl2NO3/c1-2-22-15-11(7-12(17)8-14(15)18)9-19-13-5-3-10(4-6-13)16(20)21/h3-8,19H,2,9H2,1H3,(H,20,21)/p-1. The predicted molar refractivity (Wildman–Crippen MR) is 85.7 cm³/mol. The SMILES string of the molecule is CCOc1c(Cl)cc(Cl)cc1CNc1ccc(C(=O)[O-])cc1. The highest BCUT2D eigenvalue weighted by Crippen LogP contribution is 2.33. The zero-order valence-electron chi connectivity index (χ0n) is 11.9. The zero-order valence-corrected chi connectivity index (χ0v) is 13.4. The summed E-state index contributed by atoms with van der Waals surface area (Å²) in [6.45, 7) is 2.82. The molecule has 2 rings (SSSR count). The van der Waals surface area contributed by atoms with Crippen molar-refractivity contribution in [3.63, 3.8) is 0 Å². The molecule has 0 saturated heterocycles. The number of rotatable bonds is 6. The molecule has 0 spiro atoms. The van der Waals surface area contributed by atoms with Gasteiger partial charge in [-0.1, -0.05) is 35.3 Å². The van der Waals surface area contributed by atoms with Gasteiger partial charge in [-0.25, -0.2) is 0 Å². The summed E-state index contributed by atoms with van der Waals surface area (Å²) in [4.78, 5) is 10.7. The topological polar surface area (TPSA) is 61.4 Å². The molecule has 1 N–H and O–H groups in total. The second kappa shape index (κ2) is 7.38. The maximum absolute atomic E-state index is 10.7. The molecule has 0 heterocycles. The Balaban J connectivity index is 2.15. The number of halogens is 2. The van der Waals surface area contributed by atoms with E-state index in [-0.39, 0.29) is 5.56 Å². The van der Waals surface area contributed by atoms with Gasteiger partial charge in [0.15, 0.2) is 0 Å². The summed E-state index contributed by atoms with van der Waals surface area (Å²) in [5.74, 6) is -0.612. The van der Waals surface area contributed by atoms with Gasteiger partial charge in [0.2, 0.25) is 0 Å². The molecular formula is C16H14Cl2NO3-. The van der Waals surface area contributed by atoms with Crippen LogP contribution in [0.1, 0.15) is 22.8 Å². The van der Waals surface area contributed by atoms with Gasteiger partial charge in [-0.15, -0.1) is 0 Å². The van der Waals surface area contributed by atoms with Crippen LogP contribution in [0, 0.1) is 0 Å². The minimum atomic E-state index is -1.20. The Labute approximate surface area is 138 Å². The van der Waals surface area contributed by atoms with Crippen molar-refractivity contribution in [2.75, 3.05) is 11.9 Å². The number of carboxylic acid groups (broad SMARTS) is 1. The Hall–Kier alpha value is -1.91. The van der Waals surface area contributed by atoms with Crippen LogP contribution in [-0.4, -0.2) is 12.6 Å². The lowest BCUT2D eigenvalue weighted by atomic mass is 10.1. The lowest BCUT2D eigenvalue weighted by molar-refractivity contribution is -0.255. The Morgan fingerprint density at radius 3 is 2.50 bits per heavy atom. The molecule has 0 saturated carbocycles. The monoisotopic (exact) mass is 338 g/mol. The number of anilines is 1. The summed E-state index contributed by atoms with van der Waals surface area (Å²) < 4.78 is 5.55. The van der Waals surface area contributed by atoms with Crippen molar-refractivity contribution in [3.8, 4) is 5.75 Å². The first-order valence-electron chi connectivity index (χ1n) is 6.67. The van der Waals surface area contributed by atoms with Crippen LogP contribution in [0.4, 0.5) is 5.69 Å². The van der Waals surface area contributed by atoms with Crippen LogP contribution in [0.2, 0.25) is 10.0 Å². The lowest BCUT2D eigenvalue weighted by Gasteiger charge is -2.14. The normalized spacial score (nSPS) is 10.3. The lowest BCUT2D eigenvalue weighted by Crippen LogP contribution is -2.21. The molecule has 0 aliphatic carbocycles. The highest BCUT2D eigenvalue weighted by atomic mass is 35.5. The van der Waals surface area contributed by atoms with Crippen molar-refractivity contribution in [2.45, 2.75) is 13.5 Å². The van der Waals surface area contributed by atoms with Gasteiger partial charge in [-0.2, -0.15) is 0 Å². The molecule has 0 bridgehead atoms. The van der Waals surface area contributed by atoms with Gasteiger partial charge in [-0.3, -0.25) is 0 Å². The van der Waals surface area contributed by atoms with Gasteiger partial charge < -0.3 is 20.0 Å². The molecule has 0 aliphatic heterocycles. The molecule has 0 atom stereocenters. The number of ether oxygens (including phenoxy) is 1. The second-order valence-corrected chi connectivity index (χ2v) is 5.37. The van der Waals surface area contributed by atoms with E-state index in [2.05, 4.69) is 5.32 Å². The summed E-state index contributed by atoms with van der Waals surface area (Å²) in [5.41, 5.74) is 1.72. The molecule has 2 aromatic carbocycles. The molecule has 2 aromatic rings. The van der Waals surface area contributed by atoms with E-state index in [1.807, 2.05) is 6.92 Å². The molecule has 22 heavy (non-hydrogen) atoms. The number of aromatic carboxylic acids is 1. The van der Waals surface area contributed by atoms with E-state index in [1.54, 1.807) is 24.3 Å². The van der Waals surface area contributed by atoms with E-state index < -0.39 is 5.97 Å². The van der Waals surface area contributed by atoms with Crippen molar-refractivity contribution in [1.82, 2.24) is 0 Å². The molecule has 116 valence electrons. The largest absolute Gasteiger partial charge is 0.545 e. The van der Waals surface area contributed by atoms with Crippen molar-refractivity contribution in [3.05, 3.63) is 57.6 Å². The van der Waals surface area contributed by atoms with Crippen LogP contribution in [0.3, 0.4) is 0 Å². The maximum Gasteiger partial charge on any atom is 0.142 e. The van der Waals surface area contributed by atoms with Gasteiger partial charge in [0.05, 0.1) is 17.6 Å². The highest BCUT2D eigenvalue weighted by Gasteiger charge is 2.10. The van der Waals surface area contributed by atoms with Crippen LogP contribution in [0.15, 0.2) is 36.4 Å². The van der Waals surface area contributed by atoms with E-state index in [0.29, 0.717) is 28.9 Å². The van der Waals surface area contributed by atoms with Gasteiger partial charge >= 0.3 is 0 Å². The quantitative estimate of drug-likeness (QED) is 0.877. The number of benzene rings is 2. The number of hydrogen-bond acceptors (Lipinski definition) is 4. The molecule has 4 nitrogen and oxygen atoms in total. The minimum absolute atomic E-state index is 0.131. The van der Waals surface area contributed by atoms with Crippen LogP contribution in [0.25, 0.3) is 0 Å². The van der Waals surface area contributed by atoms with Crippen LogP contribution < -0.4 is 15.2 Å². The highest BCUT2D eigenvalue weighted by molar-refractivity contribution is 6.35. The molecule has 0 aromatic heterocycles. The third kappa shape index (κ3) is 4.06. The predicted octanol–water partition coefficient (Wildman–Crippen LogP) is 3.37. The van der Waals surface area contributed by atoms with E-state index >= 15 is 0 Å². The van der Waals surface area contributed by atoms with E-state index in [0.717, 1.165) is 11.3 Å². The smallest absolute Gasteiger partial charge is 0.142 e. The van der Waals surface area contributed by atoms with Crippen molar-refractivity contribution < 1.29 is 14.6 Å². The van der Waals surface area contributed by atoms with Gasteiger partial charge in [0.1, 0.15) is 5.75 Å². The summed E-state index contributed by atoms with van der Waals surface area (Å²) >= 11 is 12.2. The molecule has 0 amide bonds. The van der Waals surface area contributed by atoms with E-state index in [9.17, 15) is 9.90 Å². The first-order valence-corrected chi connectivity index (χ1v) is 7.43. The molecule has 0 unspecified atom stereocenters. The van der Waals surface area contributed by atoms with Crippen LogP contribution in [-0.2, 0) is 6.54 Å². The van der Waals surface area contributed by atoms with E-state index in [1.165, 1.54) is 12.1 Å². The summed E-state index contributed by atoms with van der Waals surface area (Å²) in [5, 5.41) is 14.9. The van der Waals surface area contributed by atoms with Crippen molar-refractivity contribution >= 4 is 34.9 Å². The van der Waals surface area contributed by atoms with Crippen LogP contribution >= 0.6 is 23.2 Å². The fourth-order valence-corrected chi connectivity index (χ4v) is 2.56. The first-order chi connectivity index (χ1) is 10.5. The fourth-order valence-electron chi connectivity index (χ4n) is 1.97. The average molecular weight is 339 g/mol. The van der Waals surface area contributed by atoms with Crippen molar-refractivity contribution in [2.24, 2.45) is 0 Å². The minimum Gasteiger partial charge on any atom is -0.545 e. The number of carbonyl (C=O) groups excluding carboxylic acids is 1. The fraction of sp³-hybridized carbons (Fsp3) is 0.188. The Kier molecular flexibility index (Phi) is 5.52. The molecule has 0 fully saturated rings. The summed E-state index contributed by atoms with van der Waals surface area (Å²) in [6.07, 6.45) is 0. The Bertz CT molecular complexity index is 672. The van der Waals surface area contributed by atoms with Gasteiger partial charge in [0.25, 0.3) is 0 Å². The van der Waals surface area contributed by atoms with Crippen molar-refractivity contribution in [1.29, 1.82) is 0 Å². The summed E-state index contributed by atoms with van der Waals surface area (Å²) in [7, 11) is 0.